The molecular weight excluding hydrogens is 336 g/mol. The molecule has 0 aromatic carbocycles. The lowest BCUT2D eigenvalue weighted by Gasteiger charge is -2.10. The highest BCUT2D eigenvalue weighted by atomic mass is 16.5. The zero-order valence-corrected chi connectivity index (χ0v) is 17.5. The highest BCUT2D eigenvalue weighted by molar-refractivity contribution is 4.56. The van der Waals surface area contributed by atoms with Gasteiger partial charge >= 0.3 is 0 Å². The lowest BCUT2D eigenvalue weighted by atomic mass is 10.1. The number of aliphatic hydroxyl groups excluding tert-OH is 3. The molecule has 0 aromatic rings. The standard InChI is InChI=1S/C10H23NO2.C9H21NO3/c1-9(2)13-7-6-11-5-4-10(3)8-12;1-8(2)13-6-5-10-4-3-9(12)7-11/h9-12H,4-8H2,1-3H3;8-12H,3-7H2,1-2H3/t10-;9-/m10/s1. The molecule has 0 bridgehead atoms. The predicted molar refractivity (Wildman–Crippen MR) is 106 cm³/mol. The predicted octanol–water partition coefficient (Wildman–Crippen LogP) is 0.764. The summed E-state index contributed by atoms with van der Waals surface area (Å²) in [6.07, 6.45) is 1.60. The summed E-state index contributed by atoms with van der Waals surface area (Å²) >= 11 is 0. The zero-order valence-electron chi connectivity index (χ0n) is 17.5. The molecule has 0 amide bonds. The van der Waals surface area contributed by atoms with Gasteiger partial charge in [-0.25, -0.2) is 0 Å². The summed E-state index contributed by atoms with van der Waals surface area (Å²) < 4.78 is 10.7. The van der Waals surface area contributed by atoms with E-state index >= 15 is 0 Å². The van der Waals surface area contributed by atoms with E-state index in [2.05, 4.69) is 10.6 Å². The quantitative estimate of drug-likeness (QED) is 0.252. The van der Waals surface area contributed by atoms with Crippen LogP contribution in [0.25, 0.3) is 0 Å². The second kappa shape index (κ2) is 21.0. The molecule has 7 nitrogen and oxygen atoms in total. The van der Waals surface area contributed by atoms with Crippen LogP contribution in [0.4, 0.5) is 0 Å². The van der Waals surface area contributed by atoms with Gasteiger partial charge in [0.2, 0.25) is 0 Å². The van der Waals surface area contributed by atoms with Crippen LogP contribution in [0.1, 0.15) is 47.5 Å². The van der Waals surface area contributed by atoms with Gasteiger partial charge in [0.25, 0.3) is 0 Å². The Morgan fingerprint density at radius 1 is 0.692 bits per heavy atom. The Morgan fingerprint density at radius 3 is 1.54 bits per heavy atom. The van der Waals surface area contributed by atoms with Crippen LogP contribution in [-0.2, 0) is 9.47 Å². The van der Waals surface area contributed by atoms with Crippen LogP contribution in [0, 0.1) is 5.92 Å². The molecule has 7 heteroatoms. The monoisotopic (exact) mass is 380 g/mol. The number of rotatable bonds is 16. The molecule has 0 fully saturated rings. The lowest BCUT2D eigenvalue weighted by Crippen LogP contribution is -2.26. The maximum absolute atomic E-state index is 8.98. The molecule has 26 heavy (non-hydrogen) atoms. The largest absolute Gasteiger partial charge is 0.396 e. The van der Waals surface area contributed by atoms with Gasteiger partial charge in [-0.2, -0.15) is 0 Å². The Bertz CT molecular complexity index is 242. The van der Waals surface area contributed by atoms with Crippen LogP contribution in [0.5, 0.6) is 0 Å². The lowest BCUT2D eigenvalue weighted by molar-refractivity contribution is 0.0755. The zero-order chi connectivity index (χ0) is 20.2. The molecule has 0 aromatic heterocycles. The molecule has 0 radical (unpaired) electrons. The summed E-state index contributed by atoms with van der Waals surface area (Å²) in [6.45, 7) is 15.0. The first-order valence-corrected chi connectivity index (χ1v) is 9.87. The second-order valence-electron chi connectivity index (χ2n) is 7.04. The molecule has 0 saturated heterocycles. The van der Waals surface area contributed by atoms with Crippen molar-refractivity contribution >= 4 is 0 Å². The summed E-state index contributed by atoms with van der Waals surface area (Å²) in [5, 5.41) is 32.6. The fourth-order valence-electron chi connectivity index (χ4n) is 1.78. The number of ether oxygens (including phenoxy) is 2. The topological polar surface area (TPSA) is 103 Å². The molecule has 0 rings (SSSR count). The third kappa shape index (κ3) is 26.0. The van der Waals surface area contributed by atoms with Crippen molar-refractivity contribution in [1.82, 2.24) is 10.6 Å². The SMILES string of the molecule is CC(C)OCCNCC[C@@H](C)CO.CC(C)OCCNCC[C@H](O)CO. The van der Waals surface area contributed by atoms with E-state index in [0.29, 0.717) is 31.6 Å². The van der Waals surface area contributed by atoms with Crippen LogP contribution in [0.15, 0.2) is 0 Å². The van der Waals surface area contributed by atoms with E-state index in [9.17, 15) is 0 Å². The minimum absolute atomic E-state index is 0.163. The van der Waals surface area contributed by atoms with Crippen molar-refractivity contribution in [2.75, 3.05) is 52.6 Å². The molecule has 0 unspecified atom stereocenters. The second-order valence-corrected chi connectivity index (χ2v) is 7.04. The Morgan fingerprint density at radius 2 is 1.15 bits per heavy atom. The van der Waals surface area contributed by atoms with Crippen molar-refractivity contribution < 1.29 is 24.8 Å². The number of aliphatic hydroxyl groups is 3. The van der Waals surface area contributed by atoms with Crippen molar-refractivity contribution in [1.29, 1.82) is 0 Å². The Hall–Kier alpha value is -0.280. The average molecular weight is 381 g/mol. The molecule has 0 aliphatic heterocycles. The van der Waals surface area contributed by atoms with E-state index in [0.717, 1.165) is 32.7 Å². The van der Waals surface area contributed by atoms with Gasteiger partial charge in [0.05, 0.1) is 38.1 Å². The minimum Gasteiger partial charge on any atom is -0.396 e. The summed E-state index contributed by atoms with van der Waals surface area (Å²) in [5.74, 6) is 0.401. The van der Waals surface area contributed by atoms with Gasteiger partial charge in [-0.05, 0) is 59.5 Å². The third-order valence-electron chi connectivity index (χ3n) is 3.45. The molecule has 160 valence electrons. The normalized spacial score (nSPS) is 13.6. The maximum atomic E-state index is 8.98. The first-order valence-electron chi connectivity index (χ1n) is 9.87. The van der Waals surface area contributed by atoms with E-state index in [1.807, 2.05) is 34.6 Å². The smallest absolute Gasteiger partial charge is 0.0783 e. The maximum Gasteiger partial charge on any atom is 0.0783 e. The fourth-order valence-corrected chi connectivity index (χ4v) is 1.78. The average Bonchev–Trinajstić information content (AvgIpc) is 2.60. The van der Waals surface area contributed by atoms with Gasteiger partial charge < -0.3 is 35.4 Å². The van der Waals surface area contributed by atoms with Gasteiger partial charge in [-0.1, -0.05) is 6.92 Å². The molecule has 0 aliphatic rings. The van der Waals surface area contributed by atoms with Gasteiger partial charge in [-0.15, -0.1) is 0 Å². The van der Waals surface area contributed by atoms with E-state index in [4.69, 9.17) is 24.8 Å². The summed E-state index contributed by atoms with van der Waals surface area (Å²) in [6, 6.07) is 0. The van der Waals surface area contributed by atoms with Crippen LogP contribution in [0.3, 0.4) is 0 Å². The summed E-state index contributed by atoms with van der Waals surface area (Å²) in [5.41, 5.74) is 0. The third-order valence-corrected chi connectivity index (χ3v) is 3.45. The van der Waals surface area contributed by atoms with Crippen LogP contribution < -0.4 is 10.6 Å². The van der Waals surface area contributed by atoms with Crippen molar-refractivity contribution in [3.63, 3.8) is 0 Å². The van der Waals surface area contributed by atoms with Gasteiger partial charge in [0, 0.05) is 19.7 Å². The summed E-state index contributed by atoms with van der Waals surface area (Å²) in [4.78, 5) is 0. The van der Waals surface area contributed by atoms with Crippen molar-refractivity contribution in [3.8, 4) is 0 Å². The molecule has 5 N–H and O–H groups in total. The van der Waals surface area contributed by atoms with Gasteiger partial charge in [0.1, 0.15) is 0 Å². The first kappa shape index (κ1) is 27.9. The van der Waals surface area contributed by atoms with Crippen LogP contribution in [0.2, 0.25) is 0 Å². The molecule has 2 atom stereocenters. The van der Waals surface area contributed by atoms with Crippen LogP contribution >= 0.6 is 0 Å². The van der Waals surface area contributed by atoms with Crippen molar-refractivity contribution in [2.24, 2.45) is 5.92 Å². The molecular formula is C19H44N2O5. The molecule has 0 heterocycles. The van der Waals surface area contributed by atoms with E-state index in [1.54, 1.807) is 0 Å². The van der Waals surface area contributed by atoms with Crippen molar-refractivity contribution in [2.45, 2.75) is 65.8 Å². The number of nitrogens with one attached hydrogen (secondary N) is 2. The summed E-state index contributed by atoms with van der Waals surface area (Å²) in [7, 11) is 0. The molecule has 0 saturated carbocycles. The fraction of sp³-hybridized carbons (Fsp3) is 1.00. The van der Waals surface area contributed by atoms with Gasteiger partial charge in [-0.3, -0.25) is 0 Å². The Labute approximate surface area is 160 Å². The van der Waals surface area contributed by atoms with E-state index in [1.165, 1.54) is 0 Å². The van der Waals surface area contributed by atoms with Gasteiger partial charge in [0.15, 0.2) is 0 Å². The highest BCUT2D eigenvalue weighted by Crippen LogP contribution is 1.97. The molecule has 0 spiro atoms. The number of hydrogen-bond donors (Lipinski definition) is 5. The van der Waals surface area contributed by atoms with Crippen molar-refractivity contribution in [3.05, 3.63) is 0 Å². The highest BCUT2D eigenvalue weighted by Gasteiger charge is 2.00. The van der Waals surface area contributed by atoms with E-state index < -0.39 is 6.10 Å². The minimum atomic E-state index is -0.599. The first-order chi connectivity index (χ1) is 12.3. The Balaban J connectivity index is 0. The van der Waals surface area contributed by atoms with E-state index in [-0.39, 0.29) is 19.3 Å². The van der Waals surface area contributed by atoms with Crippen LogP contribution in [-0.4, -0.2) is 86.2 Å². The Kier molecular flexibility index (Phi) is 22.6. The number of hydrogen-bond acceptors (Lipinski definition) is 7. The molecule has 0 aliphatic carbocycles.